The summed E-state index contributed by atoms with van der Waals surface area (Å²) in [6.07, 6.45) is 4.22. The van der Waals surface area contributed by atoms with E-state index in [0.29, 0.717) is 12.5 Å². The molecule has 0 spiro atoms. The predicted octanol–water partition coefficient (Wildman–Crippen LogP) is 3.91. The van der Waals surface area contributed by atoms with Crippen molar-refractivity contribution in [1.82, 2.24) is 15.0 Å². The molecule has 0 amide bonds. The van der Waals surface area contributed by atoms with Crippen molar-refractivity contribution >= 4 is 11.6 Å². The van der Waals surface area contributed by atoms with E-state index in [0.717, 1.165) is 19.3 Å². The normalized spacial score (nSPS) is 24.6. The maximum Gasteiger partial charge on any atom is 0.324 e. The van der Waals surface area contributed by atoms with Gasteiger partial charge in [-0.3, -0.25) is 0 Å². The highest BCUT2D eigenvalue weighted by molar-refractivity contribution is 6.28. The van der Waals surface area contributed by atoms with Gasteiger partial charge in [0.25, 0.3) is 0 Å². The van der Waals surface area contributed by atoms with E-state index in [1.54, 1.807) is 0 Å². The van der Waals surface area contributed by atoms with E-state index in [4.69, 9.17) is 21.1 Å². The minimum Gasteiger partial charge on any atom is -0.463 e. The number of aromatic nitrogens is 3. The molecule has 0 bridgehead atoms. The average molecular weight is 314 g/mol. The van der Waals surface area contributed by atoms with E-state index in [9.17, 15) is 0 Å². The van der Waals surface area contributed by atoms with Gasteiger partial charge in [-0.1, -0.05) is 27.7 Å². The summed E-state index contributed by atoms with van der Waals surface area (Å²) in [6, 6.07) is 0.492. The Balaban J connectivity index is 2.06. The Morgan fingerprint density at radius 1 is 1.19 bits per heavy atom. The van der Waals surface area contributed by atoms with Crippen LogP contribution >= 0.6 is 11.6 Å². The first-order valence-electron chi connectivity index (χ1n) is 7.59. The molecule has 0 radical (unpaired) electrons. The van der Waals surface area contributed by atoms with Gasteiger partial charge in [0, 0.05) is 0 Å². The Morgan fingerprint density at radius 2 is 1.90 bits per heavy atom. The van der Waals surface area contributed by atoms with Crippen molar-refractivity contribution in [2.45, 2.75) is 59.5 Å². The van der Waals surface area contributed by atoms with Crippen molar-refractivity contribution in [3.05, 3.63) is 5.28 Å². The van der Waals surface area contributed by atoms with Crippen molar-refractivity contribution in [3.8, 4) is 12.0 Å². The summed E-state index contributed by atoms with van der Waals surface area (Å²) in [5, 5.41) is 0.106. The molecule has 1 aliphatic rings. The van der Waals surface area contributed by atoms with Crippen LogP contribution in [-0.4, -0.2) is 27.7 Å². The summed E-state index contributed by atoms with van der Waals surface area (Å²) < 4.78 is 11.3. The third-order valence-corrected chi connectivity index (χ3v) is 3.79. The first kappa shape index (κ1) is 16.3. The second-order valence-electron chi connectivity index (χ2n) is 6.67. The summed E-state index contributed by atoms with van der Waals surface area (Å²) in [7, 11) is 0. The molecule has 118 valence electrons. The molecule has 6 heteroatoms. The van der Waals surface area contributed by atoms with E-state index in [1.165, 1.54) is 6.42 Å². The first-order chi connectivity index (χ1) is 9.88. The average Bonchev–Trinajstić information content (AvgIpc) is 2.33. The van der Waals surface area contributed by atoms with Crippen LogP contribution in [-0.2, 0) is 0 Å². The Bertz CT molecular complexity index is 482. The molecule has 0 aromatic carbocycles. The minimum atomic E-state index is 0.106. The standard InChI is InChI=1S/C15H24ClN3O2/c1-5-6-20-13-17-12(16)18-14(19-13)21-11-7-10(2)8-15(3,4)9-11/h10-11H,5-9H2,1-4H3. The lowest BCUT2D eigenvalue weighted by atomic mass is 9.71. The zero-order valence-electron chi connectivity index (χ0n) is 13.2. The molecule has 0 saturated heterocycles. The molecule has 1 aliphatic carbocycles. The molecule has 1 heterocycles. The van der Waals surface area contributed by atoms with Gasteiger partial charge in [0.05, 0.1) is 6.61 Å². The fraction of sp³-hybridized carbons (Fsp3) is 0.800. The van der Waals surface area contributed by atoms with Crippen LogP contribution < -0.4 is 9.47 Å². The fourth-order valence-electron chi connectivity index (χ4n) is 3.12. The lowest BCUT2D eigenvalue weighted by molar-refractivity contribution is 0.0491. The molecule has 2 rings (SSSR count). The number of nitrogens with zero attached hydrogens (tertiary/aromatic N) is 3. The van der Waals surface area contributed by atoms with Crippen molar-refractivity contribution in [3.63, 3.8) is 0 Å². The highest BCUT2D eigenvalue weighted by atomic mass is 35.5. The highest BCUT2D eigenvalue weighted by Gasteiger charge is 2.33. The van der Waals surface area contributed by atoms with Gasteiger partial charge in [0.2, 0.25) is 5.28 Å². The van der Waals surface area contributed by atoms with Crippen LogP contribution in [0.2, 0.25) is 5.28 Å². The second kappa shape index (κ2) is 6.77. The molecular formula is C15H24ClN3O2. The zero-order chi connectivity index (χ0) is 15.5. The number of hydrogen-bond acceptors (Lipinski definition) is 5. The monoisotopic (exact) mass is 313 g/mol. The van der Waals surface area contributed by atoms with E-state index in [2.05, 4.69) is 35.7 Å². The number of hydrogen-bond donors (Lipinski definition) is 0. The summed E-state index contributed by atoms with van der Waals surface area (Å²) in [6.45, 7) is 9.37. The summed E-state index contributed by atoms with van der Waals surface area (Å²) in [4.78, 5) is 12.2. The predicted molar refractivity (Wildman–Crippen MR) is 81.8 cm³/mol. The highest BCUT2D eigenvalue weighted by Crippen LogP contribution is 2.39. The Labute approximate surface area is 131 Å². The molecular weight excluding hydrogens is 290 g/mol. The lowest BCUT2D eigenvalue weighted by Gasteiger charge is -2.38. The zero-order valence-corrected chi connectivity index (χ0v) is 14.0. The fourth-order valence-corrected chi connectivity index (χ4v) is 3.27. The Hall–Kier alpha value is -1.10. The maximum absolute atomic E-state index is 5.94. The topological polar surface area (TPSA) is 57.1 Å². The van der Waals surface area contributed by atoms with Crippen LogP contribution in [0, 0.1) is 11.3 Å². The molecule has 0 aliphatic heterocycles. The quantitative estimate of drug-likeness (QED) is 0.825. The van der Waals surface area contributed by atoms with Crippen molar-refractivity contribution in [2.24, 2.45) is 11.3 Å². The number of rotatable bonds is 5. The largest absolute Gasteiger partial charge is 0.463 e. The van der Waals surface area contributed by atoms with Crippen LogP contribution in [0.4, 0.5) is 0 Å². The molecule has 1 aromatic heterocycles. The molecule has 1 aromatic rings. The van der Waals surface area contributed by atoms with Gasteiger partial charge in [0.15, 0.2) is 0 Å². The minimum absolute atomic E-state index is 0.106. The van der Waals surface area contributed by atoms with Crippen molar-refractivity contribution < 1.29 is 9.47 Å². The molecule has 21 heavy (non-hydrogen) atoms. The lowest BCUT2D eigenvalue weighted by Crippen LogP contribution is -2.34. The van der Waals surface area contributed by atoms with Crippen LogP contribution in [0.3, 0.4) is 0 Å². The van der Waals surface area contributed by atoms with Crippen LogP contribution in [0.25, 0.3) is 0 Å². The molecule has 2 unspecified atom stereocenters. The molecule has 1 saturated carbocycles. The summed E-state index contributed by atoms with van der Waals surface area (Å²) in [5.74, 6) is 0.631. The van der Waals surface area contributed by atoms with Gasteiger partial charge in [-0.15, -0.1) is 4.98 Å². The first-order valence-corrected chi connectivity index (χ1v) is 7.97. The van der Waals surface area contributed by atoms with Crippen LogP contribution in [0.1, 0.15) is 53.4 Å². The smallest absolute Gasteiger partial charge is 0.324 e. The van der Waals surface area contributed by atoms with Gasteiger partial charge in [-0.2, -0.15) is 9.97 Å². The third-order valence-electron chi connectivity index (χ3n) is 3.62. The Kier molecular flexibility index (Phi) is 5.25. The van der Waals surface area contributed by atoms with E-state index < -0.39 is 0 Å². The van der Waals surface area contributed by atoms with Gasteiger partial charge in [-0.05, 0) is 48.6 Å². The third kappa shape index (κ3) is 4.99. The number of halogens is 1. The molecule has 1 fully saturated rings. The summed E-state index contributed by atoms with van der Waals surface area (Å²) in [5.41, 5.74) is 0.278. The van der Waals surface area contributed by atoms with E-state index in [1.807, 2.05) is 6.92 Å². The van der Waals surface area contributed by atoms with E-state index in [-0.39, 0.29) is 28.8 Å². The molecule has 2 atom stereocenters. The van der Waals surface area contributed by atoms with Gasteiger partial charge in [-0.25, -0.2) is 0 Å². The second-order valence-corrected chi connectivity index (χ2v) is 7.01. The van der Waals surface area contributed by atoms with E-state index >= 15 is 0 Å². The van der Waals surface area contributed by atoms with Gasteiger partial charge in [0.1, 0.15) is 6.10 Å². The van der Waals surface area contributed by atoms with Crippen LogP contribution in [0.5, 0.6) is 12.0 Å². The van der Waals surface area contributed by atoms with Gasteiger partial charge >= 0.3 is 12.0 Å². The van der Waals surface area contributed by atoms with Crippen molar-refractivity contribution in [1.29, 1.82) is 0 Å². The van der Waals surface area contributed by atoms with Gasteiger partial charge < -0.3 is 9.47 Å². The SMILES string of the molecule is CCCOc1nc(Cl)nc(OC2CC(C)CC(C)(C)C2)n1. The maximum atomic E-state index is 5.94. The molecule has 5 nitrogen and oxygen atoms in total. The van der Waals surface area contributed by atoms with Crippen LogP contribution in [0.15, 0.2) is 0 Å². The summed E-state index contributed by atoms with van der Waals surface area (Å²) >= 11 is 5.91. The molecule has 0 N–H and O–H groups in total. The Morgan fingerprint density at radius 3 is 2.57 bits per heavy atom. The van der Waals surface area contributed by atoms with Crippen molar-refractivity contribution in [2.75, 3.05) is 6.61 Å². The number of ether oxygens (including phenoxy) is 2.